The van der Waals surface area contributed by atoms with E-state index in [1.165, 1.54) is 0 Å². The molecule has 0 bridgehead atoms. The normalized spacial score (nSPS) is 13.1. The SMILES string of the molecule is COCC(O)CCNCCCNC(=O)OC(C)(C)C. The molecule has 19 heavy (non-hydrogen) atoms. The van der Waals surface area contributed by atoms with Gasteiger partial charge < -0.3 is 25.2 Å². The van der Waals surface area contributed by atoms with Crippen molar-refractivity contribution in [3.63, 3.8) is 0 Å². The fourth-order valence-corrected chi connectivity index (χ4v) is 1.39. The number of aliphatic hydroxyl groups is 1. The molecule has 0 aliphatic carbocycles. The average Bonchev–Trinajstić information content (AvgIpc) is 2.25. The number of hydrogen-bond donors (Lipinski definition) is 3. The maximum absolute atomic E-state index is 11.3. The van der Waals surface area contributed by atoms with E-state index in [1.807, 2.05) is 20.8 Å². The number of aliphatic hydroxyl groups excluding tert-OH is 1. The minimum Gasteiger partial charge on any atom is -0.444 e. The van der Waals surface area contributed by atoms with Crippen LogP contribution in [0.3, 0.4) is 0 Å². The van der Waals surface area contributed by atoms with Crippen molar-refractivity contribution in [2.24, 2.45) is 0 Å². The summed E-state index contributed by atoms with van der Waals surface area (Å²) in [6.45, 7) is 7.95. The molecule has 1 amide bonds. The highest BCUT2D eigenvalue weighted by Crippen LogP contribution is 2.06. The highest BCUT2D eigenvalue weighted by molar-refractivity contribution is 5.67. The van der Waals surface area contributed by atoms with E-state index in [2.05, 4.69) is 10.6 Å². The van der Waals surface area contributed by atoms with Crippen molar-refractivity contribution in [2.45, 2.75) is 45.3 Å². The van der Waals surface area contributed by atoms with Crippen LogP contribution in [0.15, 0.2) is 0 Å². The first-order chi connectivity index (χ1) is 8.85. The van der Waals surface area contributed by atoms with Gasteiger partial charge in [-0.2, -0.15) is 0 Å². The van der Waals surface area contributed by atoms with E-state index < -0.39 is 11.7 Å². The largest absolute Gasteiger partial charge is 0.444 e. The van der Waals surface area contributed by atoms with Crippen molar-refractivity contribution in [3.05, 3.63) is 0 Å². The smallest absolute Gasteiger partial charge is 0.407 e. The number of amides is 1. The average molecular weight is 276 g/mol. The number of carbonyl (C=O) groups excluding carboxylic acids is 1. The van der Waals surface area contributed by atoms with Gasteiger partial charge in [-0.25, -0.2) is 4.79 Å². The van der Waals surface area contributed by atoms with Gasteiger partial charge in [-0.15, -0.1) is 0 Å². The molecule has 114 valence electrons. The summed E-state index contributed by atoms with van der Waals surface area (Å²) in [5.74, 6) is 0. The van der Waals surface area contributed by atoms with Crippen molar-refractivity contribution in [1.82, 2.24) is 10.6 Å². The molecule has 0 aromatic heterocycles. The van der Waals surface area contributed by atoms with Gasteiger partial charge in [-0.1, -0.05) is 0 Å². The van der Waals surface area contributed by atoms with E-state index in [1.54, 1.807) is 7.11 Å². The summed E-state index contributed by atoms with van der Waals surface area (Å²) in [6.07, 6.45) is 0.674. The molecule has 0 saturated heterocycles. The molecule has 0 aromatic carbocycles. The van der Waals surface area contributed by atoms with E-state index in [9.17, 15) is 9.90 Å². The quantitative estimate of drug-likeness (QED) is 0.545. The van der Waals surface area contributed by atoms with Crippen LogP contribution in [-0.4, -0.2) is 56.3 Å². The number of hydrogen-bond acceptors (Lipinski definition) is 5. The Morgan fingerprint density at radius 2 is 1.95 bits per heavy atom. The maximum atomic E-state index is 11.3. The molecule has 3 N–H and O–H groups in total. The number of ether oxygens (including phenoxy) is 2. The van der Waals surface area contributed by atoms with Gasteiger partial charge in [-0.05, 0) is 46.7 Å². The number of methoxy groups -OCH3 is 1. The third-order valence-corrected chi connectivity index (χ3v) is 2.21. The van der Waals surface area contributed by atoms with Crippen molar-refractivity contribution in [2.75, 3.05) is 33.4 Å². The highest BCUT2D eigenvalue weighted by atomic mass is 16.6. The summed E-state index contributed by atoms with van der Waals surface area (Å²) >= 11 is 0. The van der Waals surface area contributed by atoms with Crippen molar-refractivity contribution < 1.29 is 19.4 Å². The van der Waals surface area contributed by atoms with Crippen LogP contribution in [0.5, 0.6) is 0 Å². The minimum atomic E-state index is -0.459. The Balaban J connectivity index is 3.34. The van der Waals surface area contributed by atoms with Crippen LogP contribution in [0.1, 0.15) is 33.6 Å². The fourth-order valence-electron chi connectivity index (χ4n) is 1.39. The van der Waals surface area contributed by atoms with E-state index in [0.717, 1.165) is 19.5 Å². The molecule has 1 atom stereocenters. The van der Waals surface area contributed by atoms with Crippen molar-refractivity contribution >= 4 is 6.09 Å². The lowest BCUT2D eigenvalue weighted by molar-refractivity contribution is 0.0527. The van der Waals surface area contributed by atoms with Gasteiger partial charge in [-0.3, -0.25) is 0 Å². The van der Waals surface area contributed by atoms with Crippen LogP contribution < -0.4 is 10.6 Å². The van der Waals surface area contributed by atoms with Crippen molar-refractivity contribution in [3.8, 4) is 0 Å². The standard InChI is InChI=1S/C13H28N2O4/c1-13(2,3)19-12(17)15-8-5-7-14-9-6-11(16)10-18-4/h11,14,16H,5-10H2,1-4H3,(H,15,17). The van der Waals surface area contributed by atoms with Crippen LogP contribution in [0.25, 0.3) is 0 Å². The van der Waals surface area contributed by atoms with Gasteiger partial charge in [0.25, 0.3) is 0 Å². The molecule has 0 radical (unpaired) electrons. The zero-order valence-corrected chi connectivity index (χ0v) is 12.5. The van der Waals surface area contributed by atoms with E-state index >= 15 is 0 Å². The first-order valence-electron chi connectivity index (χ1n) is 6.69. The fraction of sp³-hybridized carbons (Fsp3) is 0.923. The number of carbonyl (C=O) groups is 1. The molecular formula is C13H28N2O4. The van der Waals surface area contributed by atoms with Gasteiger partial charge in [0.15, 0.2) is 0 Å². The zero-order chi connectivity index (χ0) is 14.7. The van der Waals surface area contributed by atoms with Gasteiger partial charge in [0, 0.05) is 13.7 Å². The van der Waals surface area contributed by atoms with Gasteiger partial charge in [0.1, 0.15) is 5.60 Å². The molecule has 6 nitrogen and oxygen atoms in total. The maximum Gasteiger partial charge on any atom is 0.407 e. The van der Waals surface area contributed by atoms with E-state index in [4.69, 9.17) is 9.47 Å². The summed E-state index contributed by atoms with van der Waals surface area (Å²) in [5, 5.41) is 15.3. The molecule has 0 aromatic rings. The lowest BCUT2D eigenvalue weighted by atomic mass is 10.2. The molecule has 0 rings (SSSR count). The lowest BCUT2D eigenvalue weighted by Gasteiger charge is -2.19. The Morgan fingerprint density at radius 1 is 1.26 bits per heavy atom. The number of nitrogens with one attached hydrogen (secondary N) is 2. The molecule has 0 fully saturated rings. The van der Waals surface area contributed by atoms with Gasteiger partial charge >= 0.3 is 6.09 Å². The lowest BCUT2D eigenvalue weighted by Crippen LogP contribution is -2.34. The number of rotatable bonds is 9. The monoisotopic (exact) mass is 276 g/mol. The molecule has 1 unspecified atom stereocenters. The van der Waals surface area contributed by atoms with Gasteiger partial charge in [0.05, 0.1) is 12.7 Å². The van der Waals surface area contributed by atoms with E-state index in [-0.39, 0.29) is 6.09 Å². The summed E-state index contributed by atoms with van der Waals surface area (Å²) in [4.78, 5) is 11.3. The topological polar surface area (TPSA) is 79.8 Å². The molecule has 0 spiro atoms. The molecule has 0 heterocycles. The Hall–Kier alpha value is -0.850. The Kier molecular flexibility index (Phi) is 9.55. The third kappa shape index (κ3) is 13.4. The number of alkyl carbamates (subject to hydrolysis) is 1. The van der Waals surface area contributed by atoms with Crippen LogP contribution >= 0.6 is 0 Å². The van der Waals surface area contributed by atoms with Crippen LogP contribution in [0.4, 0.5) is 4.79 Å². The highest BCUT2D eigenvalue weighted by Gasteiger charge is 2.15. The van der Waals surface area contributed by atoms with Crippen LogP contribution in [-0.2, 0) is 9.47 Å². The minimum absolute atomic E-state index is 0.363. The Morgan fingerprint density at radius 3 is 2.53 bits per heavy atom. The van der Waals surface area contributed by atoms with Crippen LogP contribution in [0, 0.1) is 0 Å². The summed E-state index contributed by atoms with van der Waals surface area (Å²) in [7, 11) is 1.57. The first kappa shape index (κ1) is 18.1. The summed E-state index contributed by atoms with van der Waals surface area (Å²) in [6, 6.07) is 0. The summed E-state index contributed by atoms with van der Waals surface area (Å²) in [5.41, 5.74) is -0.459. The second-order valence-electron chi connectivity index (χ2n) is 5.43. The second-order valence-corrected chi connectivity index (χ2v) is 5.43. The molecule has 0 aliphatic rings. The van der Waals surface area contributed by atoms with Crippen LogP contribution in [0.2, 0.25) is 0 Å². The second kappa shape index (κ2) is 10.00. The molecule has 0 saturated carbocycles. The third-order valence-electron chi connectivity index (χ3n) is 2.21. The Labute approximate surface area is 115 Å². The predicted octanol–water partition coefficient (Wildman–Crippen LogP) is 0.888. The molecular weight excluding hydrogens is 248 g/mol. The zero-order valence-electron chi connectivity index (χ0n) is 12.5. The Bertz CT molecular complexity index is 241. The van der Waals surface area contributed by atoms with E-state index in [0.29, 0.717) is 19.6 Å². The first-order valence-corrected chi connectivity index (χ1v) is 6.69. The molecule has 6 heteroatoms. The molecule has 0 aliphatic heterocycles. The predicted molar refractivity (Wildman–Crippen MR) is 74.2 cm³/mol. The summed E-state index contributed by atoms with van der Waals surface area (Å²) < 4.78 is 9.93. The van der Waals surface area contributed by atoms with Gasteiger partial charge in [0.2, 0.25) is 0 Å². The van der Waals surface area contributed by atoms with Crippen molar-refractivity contribution in [1.29, 1.82) is 0 Å².